The van der Waals surface area contributed by atoms with Gasteiger partial charge in [-0.15, -0.1) is 0 Å². The Balaban J connectivity index is 0.000000116. The predicted molar refractivity (Wildman–Crippen MR) is 629 cm³/mol. The topological polar surface area (TPSA) is 77.3 Å². The van der Waals surface area contributed by atoms with Gasteiger partial charge < -0.3 is 0 Å². The number of rotatable bonds is 18. The van der Waals surface area contributed by atoms with Crippen LogP contribution >= 0.6 is 0 Å². The molecule has 6 nitrogen and oxygen atoms in total. The Morgan fingerprint density at radius 3 is 0.553 bits per heavy atom. The van der Waals surface area contributed by atoms with E-state index in [1.54, 1.807) is 0 Å². The number of aromatic nitrogens is 6. The van der Waals surface area contributed by atoms with Crippen LogP contribution in [0.3, 0.4) is 0 Å². The molecule has 6 heteroatoms. The quantitative estimate of drug-likeness (QED) is 0.0797. The normalized spacial score (nSPS) is 11.2. The zero-order valence-electron chi connectivity index (χ0n) is 82.1. The van der Waals surface area contributed by atoms with E-state index in [9.17, 15) is 0 Å². The molecule has 0 spiro atoms. The van der Waals surface area contributed by atoms with Crippen molar-refractivity contribution in [2.45, 2.75) is 0 Å². The highest BCUT2D eigenvalue weighted by molar-refractivity contribution is 6.26. The minimum Gasteiger partial charge on any atom is -0.265 e. The first-order valence-corrected chi connectivity index (χ1v) is 50.9. The largest absolute Gasteiger partial charge is 0.265 e. The molecule has 0 bridgehead atoms. The average Bonchev–Trinajstić information content (AvgIpc) is 0.733. The Morgan fingerprint density at radius 1 is 0.0933 bits per heavy atom. The highest BCUT2D eigenvalue weighted by Gasteiger charge is 2.25. The lowest BCUT2D eigenvalue weighted by atomic mass is 9.84. The third kappa shape index (κ3) is 18.5. The summed E-state index contributed by atoms with van der Waals surface area (Å²) >= 11 is 0. The van der Waals surface area contributed by atoms with E-state index in [-0.39, 0.29) is 0 Å². The summed E-state index contributed by atoms with van der Waals surface area (Å²) in [6.45, 7) is 0. The smallest absolute Gasteiger partial charge is 0.0702 e. The van der Waals surface area contributed by atoms with Crippen molar-refractivity contribution in [1.29, 1.82) is 0 Å². The minimum atomic E-state index is 0.963. The molecule has 27 rings (SSSR count). The molecule has 0 atom stereocenters. The molecular formula is C144H96N6. The van der Waals surface area contributed by atoms with E-state index in [0.717, 1.165) is 55.9 Å². The highest BCUT2D eigenvalue weighted by atomic mass is 14.7. The zero-order valence-corrected chi connectivity index (χ0v) is 82.1. The molecule has 0 fully saturated rings. The molecule has 0 saturated heterocycles. The van der Waals surface area contributed by atoms with E-state index in [1.165, 1.54) is 209 Å². The summed E-state index contributed by atoms with van der Waals surface area (Å²) < 4.78 is 0. The molecule has 150 heavy (non-hydrogen) atoms. The molecule has 702 valence electrons. The molecule has 6 heterocycles. The Labute approximate surface area is 872 Å². The lowest BCUT2D eigenvalue weighted by Crippen LogP contribution is -1.93. The van der Waals surface area contributed by atoms with Crippen molar-refractivity contribution in [3.8, 4) is 201 Å². The number of pyridine rings is 6. The van der Waals surface area contributed by atoms with Crippen molar-refractivity contribution in [3.63, 3.8) is 0 Å². The number of hydrogen-bond donors (Lipinski definition) is 0. The van der Waals surface area contributed by atoms with Crippen molar-refractivity contribution >= 4 is 64.6 Å². The number of nitrogens with zero attached hydrogens (tertiary/aromatic N) is 6. The summed E-state index contributed by atoms with van der Waals surface area (Å²) in [6, 6.07) is 188. The Morgan fingerprint density at radius 2 is 0.287 bits per heavy atom. The van der Waals surface area contributed by atoms with Crippen LogP contribution in [-0.2, 0) is 0 Å². The van der Waals surface area contributed by atoms with Gasteiger partial charge in [-0.1, -0.05) is 406 Å². The lowest BCUT2D eigenvalue weighted by molar-refractivity contribution is 1.33. The first-order chi connectivity index (χ1) is 74.4. The van der Waals surface area contributed by atoms with Crippen LogP contribution in [0.2, 0.25) is 0 Å². The fourth-order valence-corrected chi connectivity index (χ4v) is 21.7. The third-order valence-electron chi connectivity index (χ3n) is 28.9. The van der Waals surface area contributed by atoms with Gasteiger partial charge in [-0.05, 0) is 347 Å². The Hall–Kier alpha value is -19.9. The van der Waals surface area contributed by atoms with Gasteiger partial charge in [0, 0.05) is 84.2 Å². The predicted octanol–water partition coefficient (Wildman–Crippen LogP) is 38.4. The van der Waals surface area contributed by atoms with E-state index < -0.39 is 0 Å². The molecule has 0 aliphatic rings. The fraction of sp³-hybridized carbons (Fsp3) is 0. The van der Waals surface area contributed by atoms with Gasteiger partial charge in [0.25, 0.3) is 0 Å². The van der Waals surface area contributed by atoms with Gasteiger partial charge in [-0.2, -0.15) is 0 Å². The molecule has 0 saturated carbocycles. The second-order valence-electron chi connectivity index (χ2n) is 37.9. The van der Waals surface area contributed by atoms with Crippen LogP contribution in [-0.4, -0.2) is 29.9 Å². The summed E-state index contributed by atoms with van der Waals surface area (Å²) in [7, 11) is 0. The molecule has 0 N–H and O–H groups in total. The van der Waals surface area contributed by atoms with Crippen molar-refractivity contribution in [2.24, 2.45) is 0 Å². The van der Waals surface area contributed by atoms with E-state index in [1.807, 2.05) is 98.4 Å². The summed E-state index contributed by atoms with van der Waals surface area (Å²) in [4.78, 5) is 26.6. The second kappa shape index (κ2) is 41.4. The lowest BCUT2D eigenvalue weighted by Gasteiger charge is -2.19. The van der Waals surface area contributed by atoms with Gasteiger partial charge in [0.2, 0.25) is 0 Å². The maximum absolute atomic E-state index is 4.67. The van der Waals surface area contributed by atoms with Crippen LogP contribution in [0.5, 0.6) is 0 Å². The highest BCUT2D eigenvalue weighted by Crippen LogP contribution is 2.52. The summed E-state index contributed by atoms with van der Waals surface area (Å²) in [6.07, 6.45) is 18.7. The van der Waals surface area contributed by atoms with Crippen LogP contribution < -0.4 is 0 Å². The van der Waals surface area contributed by atoms with Gasteiger partial charge in [-0.25, -0.2) is 0 Å². The number of fused-ring (bicyclic) bond motifs is 6. The molecule has 0 amide bonds. The van der Waals surface area contributed by atoms with Gasteiger partial charge in [0.05, 0.1) is 11.4 Å². The summed E-state index contributed by atoms with van der Waals surface area (Å²) in [5.41, 5.74) is 42.2. The van der Waals surface area contributed by atoms with E-state index in [4.69, 9.17) is 0 Å². The van der Waals surface area contributed by atoms with E-state index in [0.29, 0.717) is 0 Å². The molecule has 0 unspecified atom stereocenters. The van der Waals surface area contributed by atoms with Gasteiger partial charge >= 0.3 is 0 Å². The number of benzene rings is 21. The molecule has 0 aliphatic carbocycles. The molecule has 0 aliphatic heterocycles. The van der Waals surface area contributed by atoms with Gasteiger partial charge in [-0.3, -0.25) is 29.9 Å². The van der Waals surface area contributed by atoms with Crippen LogP contribution in [0.15, 0.2) is 584 Å². The van der Waals surface area contributed by atoms with Crippen LogP contribution in [0, 0.1) is 0 Å². The van der Waals surface area contributed by atoms with Crippen molar-refractivity contribution < 1.29 is 0 Å². The summed E-state index contributed by atoms with van der Waals surface area (Å²) in [5.74, 6) is 0. The summed E-state index contributed by atoms with van der Waals surface area (Å²) in [5, 5.41) is 14.7. The first kappa shape index (κ1) is 91.3. The van der Waals surface area contributed by atoms with Crippen LogP contribution in [0.1, 0.15) is 0 Å². The van der Waals surface area contributed by atoms with Crippen LogP contribution in [0.25, 0.3) is 265 Å². The maximum atomic E-state index is 4.67. The maximum Gasteiger partial charge on any atom is 0.0702 e. The standard InChI is InChI=1S/3C48H32N2/c1-2-10-33(11-3-1)34-20-22-35(23-21-34)38-24-25-45-46(30-38)48(40-15-7-13-37(29-40)42-17-9-27-50-32-42)44-19-5-4-18-43(44)47(45)39-14-6-12-36(28-39)41-16-8-26-49-31-41;1-2-12-33(13-3-1)34-22-24-35(25-23-34)36-26-27-43-44(32-36)48(40-17-11-15-38(31-40)46-21-7-9-29-50-46)42-19-5-4-18-41(42)47(43)39-16-10-14-37(30-39)45-20-6-8-28-49-45;1-2-8-33(9-3-1)34-16-18-35(19-17-34)40-20-21-45-46(32-40)48(42-13-7-11-39(31-42)37-24-28-50-29-25-37)44-15-5-4-14-43(44)47(45)41-12-6-10-38(30-41)36-22-26-49-27-23-36/h3*1-32H. The monoisotopic (exact) mass is 1910 g/mol. The first-order valence-electron chi connectivity index (χ1n) is 50.9. The van der Waals surface area contributed by atoms with Crippen molar-refractivity contribution in [3.05, 3.63) is 584 Å². The third-order valence-corrected chi connectivity index (χ3v) is 28.9. The van der Waals surface area contributed by atoms with Crippen LogP contribution in [0.4, 0.5) is 0 Å². The molecule has 21 aromatic carbocycles. The Bertz CT molecular complexity index is 8720. The fourth-order valence-electron chi connectivity index (χ4n) is 21.7. The molecular weight excluding hydrogens is 1810 g/mol. The molecule has 0 radical (unpaired) electrons. The van der Waals surface area contributed by atoms with Gasteiger partial charge in [0.1, 0.15) is 0 Å². The van der Waals surface area contributed by atoms with Crippen molar-refractivity contribution in [2.75, 3.05) is 0 Å². The number of hydrogen-bond acceptors (Lipinski definition) is 6. The Kier molecular flexibility index (Phi) is 25.2. The molecule has 6 aromatic heterocycles. The zero-order chi connectivity index (χ0) is 99.8. The minimum absolute atomic E-state index is 0.963. The average molecular weight is 1910 g/mol. The second-order valence-corrected chi connectivity index (χ2v) is 37.9. The van der Waals surface area contributed by atoms with E-state index >= 15 is 0 Å². The van der Waals surface area contributed by atoms with Gasteiger partial charge in [0.15, 0.2) is 0 Å². The SMILES string of the molecule is c1ccc(-c2ccc(-c3ccc4c(-c5cccc(-c6ccccn6)c5)c5ccccc5c(-c5cccc(-c6ccccn6)c5)c4c3)cc2)cc1.c1ccc(-c2ccc(-c3ccc4c(-c5cccc(-c6cccnc6)c5)c5ccccc5c(-c5cccc(-c6cccnc6)c5)c4c3)cc2)cc1.c1ccc(-c2ccc(-c3ccc4c(-c5cccc(-c6ccncc6)c5)c5ccccc5c(-c5cccc(-c6ccncc6)c5)c4c3)cc2)cc1. The molecule has 27 aromatic rings. The van der Waals surface area contributed by atoms with Crippen molar-refractivity contribution in [1.82, 2.24) is 29.9 Å². The van der Waals surface area contributed by atoms with E-state index in [2.05, 4.69) is 515 Å².